The van der Waals surface area contributed by atoms with E-state index in [0.717, 1.165) is 11.3 Å². The van der Waals surface area contributed by atoms with E-state index in [0.29, 0.717) is 12.1 Å². The van der Waals surface area contributed by atoms with Crippen LogP contribution in [-0.2, 0) is 33.9 Å². The largest absolute Gasteiger partial charge is 0.444 e. The molecule has 0 fully saturated rings. The Morgan fingerprint density at radius 1 is 1.23 bits per heavy atom. The number of carbonyl (C=O) groups excluding carboxylic acids is 3. The standard InChI is InChI=1S/C20H31N5O5/c1-12-8-15-14(11-24(12)19(28)30-20(2,3)4)16-18(27)22(5)9-13(10-25(16)21-15)17(26)23(6)29-7/h12-13H,8-11H2,1-7H3/t12-,13-/m1/s1. The number of rotatable bonds is 2. The Balaban J connectivity index is 1.94. The zero-order valence-electron chi connectivity index (χ0n) is 18.8. The molecule has 3 rings (SSSR count). The predicted octanol–water partition coefficient (Wildman–Crippen LogP) is 1.29. The Hall–Kier alpha value is -2.62. The van der Waals surface area contributed by atoms with Gasteiger partial charge in [-0.1, -0.05) is 0 Å². The highest BCUT2D eigenvalue weighted by Gasteiger charge is 2.39. The molecular formula is C20H31N5O5. The number of carbonyl (C=O) groups is 3. The van der Waals surface area contributed by atoms with Crippen LogP contribution in [-0.4, -0.2) is 81.9 Å². The molecule has 0 spiro atoms. The molecule has 0 bridgehead atoms. The van der Waals surface area contributed by atoms with Crippen molar-refractivity contribution in [1.29, 1.82) is 0 Å². The van der Waals surface area contributed by atoms with Crippen molar-refractivity contribution in [2.45, 2.75) is 58.8 Å². The van der Waals surface area contributed by atoms with Crippen molar-refractivity contribution in [2.24, 2.45) is 5.92 Å². The first kappa shape index (κ1) is 22.1. The highest BCUT2D eigenvalue weighted by atomic mass is 16.7. The molecule has 10 heteroatoms. The van der Waals surface area contributed by atoms with Crippen molar-refractivity contribution < 1.29 is 24.0 Å². The zero-order chi connectivity index (χ0) is 22.4. The van der Waals surface area contributed by atoms with Gasteiger partial charge in [0.1, 0.15) is 11.3 Å². The fraction of sp³-hybridized carbons (Fsp3) is 0.700. The third kappa shape index (κ3) is 4.14. The lowest BCUT2D eigenvalue weighted by molar-refractivity contribution is -0.174. The maximum atomic E-state index is 13.1. The summed E-state index contributed by atoms with van der Waals surface area (Å²) in [7, 11) is 4.64. The first-order chi connectivity index (χ1) is 13.9. The molecule has 0 saturated heterocycles. The van der Waals surface area contributed by atoms with Crippen LogP contribution in [0.5, 0.6) is 0 Å². The van der Waals surface area contributed by atoms with Gasteiger partial charge in [-0.05, 0) is 27.7 Å². The Morgan fingerprint density at radius 2 is 1.90 bits per heavy atom. The Morgan fingerprint density at radius 3 is 2.50 bits per heavy atom. The average molecular weight is 421 g/mol. The Kier molecular flexibility index (Phi) is 5.81. The second kappa shape index (κ2) is 7.90. The molecule has 30 heavy (non-hydrogen) atoms. The molecule has 2 aliphatic heterocycles. The van der Waals surface area contributed by atoms with Crippen LogP contribution in [0.4, 0.5) is 4.79 Å². The third-order valence-corrected chi connectivity index (χ3v) is 5.48. The van der Waals surface area contributed by atoms with Gasteiger partial charge in [0.2, 0.25) is 0 Å². The third-order valence-electron chi connectivity index (χ3n) is 5.48. The molecule has 0 aromatic carbocycles. The number of fused-ring (bicyclic) bond motifs is 3. The van der Waals surface area contributed by atoms with E-state index in [-0.39, 0.29) is 37.5 Å². The van der Waals surface area contributed by atoms with E-state index < -0.39 is 17.6 Å². The topological polar surface area (TPSA) is 97.2 Å². The number of hydrogen-bond acceptors (Lipinski definition) is 6. The van der Waals surface area contributed by atoms with Crippen molar-refractivity contribution >= 4 is 17.9 Å². The van der Waals surface area contributed by atoms with E-state index in [1.54, 1.807) is 23.7 Å². The Labute approximate surface area is 176 Å². The summed E-state index contributed by atoms with van der Waals surface area (Å²) < 4.78 is 7.16. The average Bonchev–Trinajstić information content (AvgIpc) is 2.93. The second-order valence-corrected chi connectivity index (χ2v) is 9.02. The van der Waals surface area contributed by atoms with E-state index in [1.807, 2.05) is 27.7 Å². The van der Waals surface area contributed by atoms with Gasteiger partial charge in [0.25, 0.3) is 11.8 Å². The molecule has 0 radical (unpaired) electrons. The fourth-order valence-corrected chi connectivity index (χ4v) is 3.90. The van der Waals surface area contributed by atoms with Gasteiger partial charge >= 0.3 is 6.09 Å². The second-order valence-electron chi connectivity index (χ2n) is 9.02. The van der Waals surface area contributed by atoms with E-state index in [1.165, 1.54) is 17.1 Å². The first-order valence-electron chi connectivity index (χ1n) is 10.1. The van der Waals surface area contributed by atoms with Crippen LogP contribution in [0.15, 0.2) is 0 Å². The van der Waals surface area contributed by atoms with Crippen molar-refractivity contribution in [3.8, 4) is 0 Å². The smallest absolute Gasteiger partial charge is 0.410 e. The molecule has 3 heterocycles. The summed E-state index contributed by atoms with van der Waals surface area (Å²) in [6.07, 6.45) is 0.104. The van der Waals surface area contributed by atoms with Crippen LogP contribution in [0.2, 0.25) is 0 Å². The summed E-state index contributed by atoms with van der Waals surface area (Å²) in [5.74, 6) is -0.911. The van der Waals surface area contributed by atoms with Crippen LogP contribution in [0.1, 0.15) is 49.4 Å². The SMILES string of the molecule is CON(C)C(=O)[C@@H]1CN(C)C(=O)c2c3c(nn2C1)C[C@@H](C)N(C(=O)OC(C)(C)C)C3. The van der Waals surface area contributed by atoms with Crippen LogP contribution in [0, 0.1) is 5.92 Å². The molecule has 2 atom stereocenters. The van der Waals surface area contributed by atoms with Crippen LogP contribution in [0.3, 0.4) is 0 Å². The number of aromatic nitrogens is 2. The van der Waals surface area contributed by atoms with Crippen LogP contribution in [0.25, 0.3) is 0 Å². The normalized spacial score (nSPS) is 21.6. The van der Waals surface area contributed by atoms with Gasteiger partial charge < -0.3 is 14.5 Å². The maximum Gasteiger partial charge on any atom is 0.410 e. The summed E-state index contributed by atoms with van der Waals surface area (Å²) in [5.41, 5.74) is 1.34. The minimum absolute atomic E-state index is 0.114. The molecule has 2 aliphatic rings. The number of amides is 3. The Bertz CT molecular complexity index is 859. The number of ether oxygens (including phenoxy) is 1. The summed E-state index contributed by atoms with van der Waals surface area (Å²) in [5, 5.41) is 5.82. The molecule has 1 aromatic rings. The first-order valence-corrected chi connectivity index (χ1v) is 10.1. The van der Waals surface area contributed by atoms with E-state index in [4.69, 9.17) is 9.57 Å². The molecular weight excluding hydrogens is 390 g/mol. The summed E-state index contributed by atoms with van der Waals surface area (Å²) >= 11 is 0. The van der Waals surface area contributed by atoms with E-state index in [2.05, 4.69) is 5.10 Å². The van der Waals surface area contributed by atoms with Gasteiger partial charge in [-0.15, -0.1) is 0 Å². The molecule has 10 nitrogen and oxygen atoms in total. The molecule has 1 aromatic heterocycles. The van der Waals surface area contributed by atoms with Crippen molar-refractivity contribution in [1.82, 2.24) is 24.6 Å². The van der Waals surface area contributed by atoms with Crippen LogP contribution >= 0.6 is 0 Å². The zero-order valence-corrected chi connectivity index (χ0v) is 18.8. The molecule has 0 aliphatic carbocycles. The predicted molar refractivity (Wildman–Crippen MR) is 107 cm³/mol. The molecule has 0 N–H and O–H groups in total. The van der Waals surface area contributed by atoms with Crippen molar-refractivity contribution in [3.05, 3.63) is 17.0 Å². The van der Waals surface area contributed by atoms with E-state index >= 15 is 0 Å². The lowest BCUT2D eigenvalue weighted by Gasteiger charge is -2.34. The van der Waals surface area contributed by atoms with Gasteiger partial charge in [-0.25, -0.2) is 9.86 Å². The van der Waals surface area contributed by atoms with Crippen LogP contribution < -0.4 is 0 Å². The fourth-order valence-electron chi connectivity index (χ4n) is 3.90. The lowest BCUT2D eigenvalue weighted by atomic mass is 9.99. The minimum Gasteiger partial charge on any atom is -0.444 e. The van der Waals surface area contributed by atoms with Gasteiger partial charge in [-0.2, -0.15) is 5.10 Å². The van der Waals surface area contributed by atoms with Gasteiger partial charge in [-0.3, -0.25) is 19.1 Å². The molecule has 0 saturated carbocycles. The number of nitrogens with zero attached hydrogens (tertiary/aromatic N) is 5. The lowest BCUT2D eigenvalue weighted by Crippen LogP contribution is -2.45. The van der Waals surface area contributed by atoms with E-state index in [9.17, 15) is 14.4 Å². The van der Waals surface area contributed by atoms with Crippen molar-refractivity contribution in [3.63, 3.8) is 0 Å². The number of hydrogen-bond donors (Lipinski definition) is 0. The monoisotopic (exact) mass is 421 g/mol. The maximum absolute atomic E-state index is 13.1. The summed E-state index contributed by atoms with van der Waals surface area (Å²) in [6, 6.07) is -0.114. The molecule has 0 unspecified atom stereocenters. The van der Waals surface area contributed by atoms with Gasteiger partial charge in [0.05, 0.1) is 31.8 Å². The highest BCUT2D eigenvalue weighted by Crippen LogP contribution is 2.30. The molecule has 166 valence electrons. The number of hydroxylamine groups is 2. The minimum atomic E-state index is -0.607. The van der Waals surface area contributed by atoms with Crippen molar-refractivity contribution in [2.75, 3.05) is 27.7 Å². The highest BCUT2D eigenvalue weighted by molar-refractivity contribution is 5.95. The molecule has 3 amide bonds. The van der Waals surface area contributed by atoms with Gasteiger partial charge in [0, 0.05) is 38.7 Å². The van der Waals surface area contributed by atoms with Gasteiger partial charge in [0.15, 0.2) is 0 Å². The summed E-state index contributed by atoms with van der Waals surface area (Å²) in [6.45, 7) is 8.18. The summed E-state index contributed by atoms with van der Waals surface area (Å²) in [4.78, 5) is 46.7. The quantitative estimate of drug-likeness (QED) is 0.668.